The molecule has 3 aromatic carbocycles. The van der Waals surface area contributed by atoms with Gasteiger partial charge in [0.2, 0.25) is 0 Å². The number of thioether (sulfide) groups is 2. The third kappa shape index (κ3) is 7.08. The van der Waals surface area contributed by atoms with E-state index in [1.54, 1.807) is 41.7 Å². The topological polar surface area (TPSA) is 69.2 Å². The molecule has 0 aromatic heterocycles. The van der Waals surface area contributed by atoms with Crippen molar-refractivity contribution >= 4 is 52.7 Å². The molecule has 148 valence electrons. The summed E-state index contributed by atoms with van der Waals surface area (Å²) in [4.78, 5) is 25.9. The predicted octanol–water partition coefficient (Wildman–Crippen LogP) is 1.84. The fraction of sp³-hybridized carbons (Fsp3) is 0.0909. The van der Waals surface area contributed by atoms with Crippen molar-refractivity contribution in [2.45, 2.75) is 9.79 Å². The quantitative estimate of drug-likeness (QED) is 0.312. The summed E-state index contributed by atoms with van der Waals surface area (Å²) in [7, 11) is 0. The Hall–Kier alpha value is -1.41. The molecule has 0 bridgehead atoms. The minimum Gasteiger partial charge on any atom is -0.545 e. The smallest absolute Gasteiger partial charge is 0.545 e. The van der Waals surface area contributed by atoms with Gasteiger partial charge in [0.15, 0.2) is 0 Å². The number of carboxylic acid groups (broad SMARTS) is 1. The Morgan fingerprint density at radius 3 is 2.13 bits per heavy atom. The van der Waals surface area contributed by atoms with E-state index in [2.05, 4.69) is 5.32 Å². The maximum absolute atomic E-state index is 12.6. The molecule has 0 fully saturated rings. The molecule has 0 saturated carbocycles. The van der Waals surface area contributed by atoms with Gasteiger partial charge >= 0.3 is 29.6 Å². The second-order valence-corrected chi connectivity index (χ2v) is 8.68. The number of anilines is 1. The van der Waals surface area contributed by atoms with E-state index in [0.29, 0.717) is 10.7 Å². The van der Waals surface area contributed by atoms with Crippen molar-refractivity contribution < 1.29 is 44.3 Å². The Morgan fingerprint density at radius 1 is 0.833 bits per heavy atom. The van der Waals surface area contributed by atoms with Gasteiger partial charge in [-0.1, -0.05) is 41.9 Å². The molecule has 3 rings (SSSR count). The van der Waals surface area contributed by atoms with Crippen LogP contribution in [0.15, 0.2) is 82.6 Å². The Morgan fingerprint density at radius 2 is 1.43 bits per heavy atom. The van der Waals surface area contributed by atoms with Gasteiger partial charge in [0.25, 0.3) is 5.91 Å². The number of benzene rings is 3. The van der Waals surface area contributed by atoms with Gasteiger partial charge in [0.1, 0.15) is 0 Å². The normalized spacial score (nSPS) is 10.2. The summed E-state index contributed by atoms with van der Waals surface area (Å²) in [5.74, 6) is -0.121. The minimum atomic E-state index is -1.38. The van der Waals surface area contributed by atoms with E-state index in [-0.39, 0.29) is 40.7 Å². The molecular formula is C22H17ClNNaO3S2. The number of nitrogens with one attached hydrogen (secondary N) is 1. The van der Waals surface area contributed by atoms with Crippen molar-refractivity contribution in [1.82, 2.24) is 0 Å². The number of hydrogen-bond donors (Lipinski definition) is 1. The molecule has 0 aliphatic rings. The first-order valence-corrected chi connectivity index (χ1v) is 11.1. The maximum atomic E-state index is 12.6. The van der Waals surface area contributed by atoms with Gasteiger partial charge in [-0.25, -0.2) is 0 Å². The SMILES string of the molecule is O=C([O-])c1ccccc1C(=O)Nc1ccccc1SCCSc1ccc(Cl)cc1.[Na+]. The van der Waals surface area contributed by atoms with E-state index >= 15 is 0 Å². The van der Waals surface area contributed by atoms with Gasteiger partial charge in [0, 0.05) is 37.4 Å². The van der Waals surface area contributed by atoms with Gasteiger partial charge in [0.05, 0.1) is 11.7 Å². The summed E-state index contributed by atoms with van der Waals surface area (Å²) in [5, 5.41) is 14.8. The van der Waals surface area contributed by atoms with Crippen LogP contribution in [0.2, 0.25) is 5.02 Å². The van der Waals surface area contributed by atoms with Crippen LogP contribution >= 0.6 is 35.1 Å². The number of aromatic carboxylic acids is 1. The zero-order valence-corrected chi connectivity index (χ0v) is 20.7. The fourth-order valence-corrected chi connectivity index (χ4v) is 4.61. The number of halogens is 1. The van der Waals surface area contributed by atoms with Crippen molar-refractivity contribution in [3.8, 4) is 0 Å². The van der Waals surface area contributed by atoms with Crippen molar-refractivity contribution in [1.29, 1.82) is 0 Å². The number of carbonyl (C=O) groups excluding carboxylic acids is 2. The van der Waals surface area contributed by atoms with Gasteiger partial charge in [-0.3, -0.25) is 4.79 Å². The molecule has 4 nitrogen and oxygen atoms in total. The Bertz CT molecular complexity index is 1020. The zero-order chi connectivity index (χ0) is 20.6. The van der Waals surface area contributed by atoms with Crippen LogP contribution in [0.3, 0.4) is 0 Å². The van der Waals surface area contributed by atoms with Crippen molar-refractivity contribution in [3.05, 3.63) is 88.9 Å². The van der Waals surface area contributed by atoms with E-state index in [1.807, 2.05) is 42.5 Å². The molecule has 1 N–H and O–H groups in total. The average Bonchev–Trinajstić information content (AvgIpc) is 2.73. The summed E-state index contributed by atoms with van der Waals surface area (Å²) in [6.07, 6.45) is 0. The molecular weight excluding hydrogens is 449 g/mol. The summed E-state index contributed by atoms with van der Waals surface area (Å²) in [5.41, 5.74) is 0.590. The summed E-state index contributed by atoms with van der Waals surface area (Å²) in [6, 6.07) is 21.2. The molecule has 0 radical (unpaired) electrons. The minimum absolute atomic E-state index is 0. The first-order valence-electron chi connectivity index (χ1n) is 8.76. The van der Waals surface area contributed by atoms with E-state index in [4.69, 9.17) is 11.6 Å². The van der Waals surface area contributed by atoms with Gasteiger partial charge in [-0.15, -0.1) is 23.5 Å². The van der Waals surface area contributed by atoms with E-state index in [0.717, 1.165) is 21.3 Å². The van der Waals surface area contributed by atoms with Crippen LogP contribution in [0.25, 0.3) is 0 Å². The Labute approximate surface area is 211 Å². The second-order valence-electron chi connectivity index (χ2n) is 5.93. The second kappa shape index (κ2) is 12.4. The third-order valence-corrected chi connectivity index (χ3v) is 6.55. The van der Waals surface area contributed by atoms with Crippen LogP contribution < -0.4 is 40.0 Å². The number of hydrogen-bond acceptors (Lipinski definition) is 5. The molecule has 3 aromatic rings. The number of carbonyl (C=O) groups is 2. The van der Waals surface area contributed by atoms with Crippen LogP contribution in [-0.2, 0) is 0 Å². The van der Waals surface area contributed by atoms with Crippen molar-refractivity contribution in [2.24, 2.45) is 0 Å². The number of para-hydroxylation sites is 1. The van der Waals surface area contributed by atoms with Crippen LogP contribution in [0, 0.1) is 0 Å². The molecule has 0 atom stereocenters. The maximum Gasteiger partial charge on any atom is 1.00 e. The Balaban J connectivity index is 0.00000320. The zero-order valence-electron chi connectivity index (χ0n) is 16.3. The van der Waals surface area contributed by atoms with Gasteiger partial charge in [-0.2, -0.15) is 0 Å². The van der Waals surface area contributed by atoms with Gasteiger partial charge < -0.3 is 15.2 Å². The predicted molar refractivity (Wildman–Crippen MR) is 118 cm³/mol. The standard InChI is InChI=1S/C22H18ClNO3S2.Na/c23-15-9-11-16(12-10-15)28-13-14-29-20-8-4-3-7-19(20)24-21(25)17-5-1-2-6-18(17)22(26)27;/h1-12H,13-14H2,(H,24,25)(H,26,27);/q;+1/p-1. The number of carboxylic acids is 1. The van der Waals surface area contributed by atoms with Crippen LogP contribution in [-0.4, -0.2) is 23.4 Å². The fourth-order valence-electron chi connectivity index (χ4n) is 2.59. The number of amides is 1. The molecule has 1 amide bonds. The van der Waals surface area contributed by atoms with Gasteiger partial charge in [-0.05, 0) is 42.5 Å². The summed E-state index contributed by atoms with van der Waals surface area (Å²) in [6.45, 7) is 0. The molecule has 0 heterocycles. The summed E-state index contributed by atoms with van der Waals surface area (Å²) >= 11 is 9.26. The monoisotopic (exact) mass is 465 g/mol. The number of rotatable bonds is 8. The molecule has 0 spiro atoms. The van der Waals surface area contributed by atoms with Crippen LogP contribution in [0.5, 0.6) is 0 Å². The molecule has 0 aliphatic carbocycles. The summed E-state index contributed by atoms with van der Waals surface area (Å²) < 4.78 is 0. The Kier molecular flexibility index (Phi) is 10.3. The van der Waals surface area contributed by atoms with Crippen molar-refractivity contribution in [3.63, 3.8) is 0 Å². The first-order chi connectivity index (χ1) is 14.0. The van der Waals surface area contributed by atoms with Crippen LogP contribution in [0.4, 0.5) is 5.69 Å². The van der Waals surface area contributed by atoms with Crippen LogP contribution in [0.1, 0.15) is 20.7 Å². The molecule has 0 unspecified atom stereocenters. The largest absolute Gasteiger partial charge is 1.00 e. The molecule has 8 heteroatoms. The first kappa shape index (κ1) is 24.9. The van der Waals surface area contributed by atoms with E-state index in [9.17, 15) is 14.7 Å². The van der Waals surface area contributed by atoms with E-state index < -0.39 is 11.9 Å². The average molecular weight is 466 g/mol. The van der Waals surface area contributed by atoms with Crippen molar-refractivity contribution in [2.75, 3.05) is 16.8 Å². The molecule has 0 saturated heterocycles. The molecule has 0 aliphatic heterocycles. The third-order valence-electron chi connectivity index (χ3n) is 3.95. The van der Waals surface area contributed by atoms with E-state index in [1.165, 1.54) is 12.1 Å². The molecule has 30 heavy (non-hydrogen) atoms.